The molecule has 0 atom stereocenters. The van der Waals surface area contributed by atoms with Crippen LogP contribution in [0.2, 0.25) is 0 Å². The molecule has 8 heteroatoms. The Balaban J connectivity index is 2.14. The summed E-state index contributed by atoms with van der Waals surface area (Å²) in [6.07, 6.45) is 0.314. The van der Waals surface area contributed by atoms with Crippen LogP contribution in [0.1, 0.15) is 22.0 Å². The van der Waals surface area contributed by atoms with E-state index < -0.39 is 5.91 Å². The van der Waals surface area contributed by atoms with E-state index in [1.54, 1.807) is 12.1 Å². The molecule has 0 saturated carbocycles. The van der Waals surface area contributed by atoms with Gasteiger partial charge < -0.3 is 15.6 Å². The number of amides is 1. The monoisotopic (exact) mass is 318 g/mol. The van der Waals surface area contributed by atoms with E-state index in [4.69, 9.17) is 15.6 Å². The van der Waals surface area contributed by atoms with E-state index in [1.807, 2.05) is 0 Å². The number of primary amides is 1. The Morgan fingerprint density at radius 2 is 2.30 bits per heavy atom. The molecule has 0 bridgehead atoms. The Bertz CT molecular complexity index is 749. The van der Waals surface area contributed by atoms with E-state index in [0.29, 0.717) is 6.42 Å². The lowest BCUT2D eigenvalue weighted by Crippen LogP contribution is -2.14. The molecule has 23 heavy (non-hydrogen) atoms. The molecule has 0 fully saturated rings. The third-order valence-electron chi connectivity index (χ3n) is 2.72. The summed E-state index contributed by atoms with van der Waals surface area (Å²) in [6.45, 7) is -0.0509. The third kappa shape index (κ3) is 4.88. The summed E-state index contributed by atoms with van der Waals surface area (Å²) in [5.74, 6) is 4.50. The zero-order chi connectivity index (χ0) is 16.7. The minimum Gasteiger partial charge on any atom is -0.394 e. The lowest BCUT2D eigenvalue weighted by atomic mass is 10.1. The van der Waals surface area contributed by atoms with Crippen LogP contribution >= 0.6 is 0 Å². The molecule has 3 N–H and O–H groups in total. The van der Waals surface area contributed by atoms with Crippen molar-refractivity contribution in [2.45, 2.75) is 13.2 Å². The number of ether oxygens (including phenoxy) is 1. The molecular formula is C15H15FN4O3. The molecule has 0 aliphatic heterocycles. The summed E-state index contributed by atoms with van der Waals surface area (Å²) in [7, 11) is 0. The van der Waals surface area contributed by atoms with Gasteiger partial charge in [-0.3, -0.25) is 4.79 Å². The lowest BCUT2D eigenvalue weighted by Gasteiger charge is -2.02. The average molecular weight is 318 g/mol. The Labute approximate surface area is 131 Å². The maximum atomic E-state index is 13.1. The first kappa shape index (κ1) is 16.6. The molecule has 1 amide bonds. The average Bonchev–Trinajstić information content (AvgIpc) is 2.91. The van der Waals surface area contributed by atoms with Gasteiger partial charge in [0.2, 0.25) is 11.6 Å². The van der Waals surface area contributed by atoms with E-state index in [2.05, 4.69) is 21.9 Å². The van der Waals surface area contributed by atoms with E-state index in [9.17, 15) is 9.18 Å². The van der Waals surface area contributed by atoms with Gasteiger partial charge in [-0.1, -0.05) is 18.1 Å². The highest BCUT2D eigenvalue weighted by molar-refractivity contribution is 5.88. The second-order valence-electron chi connectivity index (χ2n) is 4.49. The van der Waals surface area contributed by atoms with Gasteiger partial charge >= 0.3 is 0 Å². The number of carbonyl (C=O) groups excluding carboxylic acids is 1. The molecule has 7 nitrogen and oxygen atoms in total. The number of hydrogen-bond donors (Lipinski definition) is 2. The molecule has 1 aromatic carbocycles. The molecule has 0 aliphatic rings. The zero-order valence-electron chi connectivity index (χ0n) is 12.2. The quantitative estimate of drug-likeness (QED) is 0.580. The van der Waals surface area contributed by atoms with Crippen LogP contribution in [0.5, 0.6) is 0 Å². The number of aliphatic hydroxyl groups is 1. The number of benzene rings is 1. The fraction of sp³-hybridized carbons (Fsp3) is 0.267. The summed E-state index contributed by atoms with van der Waals surface area (Å²) < 4.78 is 19.5. The first-order chi connectivity index (χ1) is 11.1. The maximum Gasteiger partial charge on any atom is 0.288 e. The number of carbonyl (C=O) groups is 1. The van der Waals surface area contributed by atoms with Crippen LogP contribution in [0.25, 0.3) is 0 Å². The molecule has 0 radical (unpaired) electrons. The summed E-state index contributed by atoms with van der Waals surface area (Å²) in [4.78, 5) is 15.1. The van der Waals surface area contributed by atoms with Gasteiger partial charge in [0, 0.05) is 6.42 Å². The number of hydrogen-bond acceptors (Lipinski definition) is 5. The van der Waals surface area contributed by atoms with Gasteiger partial charge in [0.05, 0.1) is 13.2 Å². The van der Waals surface area contributed by atoms with Crippen LogP contribution in [-0.4, -0.2) is 39.0 Å². The molecule has 0 aliphatic carbocycles. The number of rotatable bonds is 6. The van der Waals surface area contributed by atoms with Gasteiger partial charge in [-0.2, -0.15) is 4.98 Å². The summed E-state index contributed by atoms with van der Waals surface area (Å²) in [5, 5.41) is 12.6. The standard InChI is InChI=1S/C15H15FN4O3/c16-12-5-1-3-11(9-12)4-2-6-13-18-15(14(17)22)19-20(13)10-23-8-7-21/h1,3,5,9,21H,4,7-8,10H2,(H2,17,22). The molecule has 1 heterocycles. The maximum absolute atomic E-state index is 13.1. The second-order valence-corrected chi connectivity index (χ2v) is 4.49. The number of halogens is 1. The highest BCUT2D eigenvalue weighted by atomic mass is 19.1. The highest BCUT2D eigenvalue weighted by Gasteiger charge is 2.12. The number of aliphatic hydroxyl groups excluding tert-OH is 1. The third-order valence-corrected chi connectivity index (χ3v) is 2.72. The van der Waals surface area contributed by atoms with Gasteiger partial charge in [-0.15, -0.1) is 5.10 Å². The summed E-state index contributed by atoms with van der Waals surface area (Å²) in [5.41, 5.74) is 5.86. The SMILES string of the molecule is NC(=O)c1nc(C#CCc2cccc(F)c2)n(COCCO)n1. The fourth-order valence-corrected chi connectivity index (χ4v) is 1.72. The predicted octanol–water partition coefficient (Wildman–Crippen LogP) is 0.0767. The van der Waals surface area contributed by atoms with Gasteiger partial charge in [-0.25, -0.2) is 9.07 Å². The molecule has 2 rings (SSSR count). The Kier molecular flexibility index (Phi) is 5.80. The van der Waals surface area contributed by atoms with E-state index >= 15 is 0 Å². The van der Waals surface area contributed by atoms with Crippen LogP contribution in [0.4, 0.5) is 4.39 Å². The normalized spacial score (nSPS) is 10.2. The predicted molar refractivity (Wildman–Crippen MR) is 78.6 cm³/mol. The number of nitrogens with two attached hydrogens (primary N) is 1. The first-order valence-corrected chi connectivity index (χ1v) is 6.76. The van der Waals surface area contributed by atoms with Crippen molar-refractivity contribution in [3.8, 4) is 11.8 Å². The number of nitrogens with zero attached hydrogens (tertiary/aromatic N) is 3. The molecule has 0 spiro atoms. The van der Waals surface area contributed by atoms with Gasteiger partial charge in [0.25, 0.3) is 5.91 Å². The van der Waals surface area contributed by atoms with Crippen LogP contribution in [0, 0.1) is 17.7 Å². The Morgan fingerprint density at radius 1 is 1.48 bits per heavy atom. The van der Waals surface area contributed by atoms with Gasteiger partial charge in [0.15, 0.2) is 0 Å². The van der Waals surface area contributed by atoms with Crippen molar-refractivity contribution in [3.63, 3.8) is 0 Å². The highest BCUT2D eigenvalue weighted by Crippen LogP contribution is 2.04. The molecule has 2 aromatic rings. The van der Waals surface area contributed by atoms with E-state index in [0.717, 1.165) is 5.56 Å². The van der Waals surface area contributed by atoms with Crippen molar-refractivity contribution in [1.82, 2.24) is 14.8 Å². The second kappa shape index (κ2) is 8.03. The van der Waals surface area contributed by atoms with Crippen molar-refractivity contribution >= 4 is 5.91 Å². The zero-order valence-corrected chi connectivity index (χ0v) is 12.2. The fourth-order valence-electron chi connectivity index (χ4n) is 1.72. The van der Waals surface area contributed by atoms with Crippen LogP contribution in [-0.2, 0) is 17.9 Å². The minimum absolute atomic E-state index is 0.0230. The van der Waals surface area contributed by atoms with Crippen molar-refractivity contribution in [2.24, 2.45) is 5.73 Å². The minimum atomic E-state index is -0.779. The molecule has 0 unspecified atom stereocenters. The molecule has 1 aromatic heterocycles. The Hall–Kier alpha value is -2.76. The molecule has 120 valence electrons. The van der Waals surface area contributed by atoms with Crippen LogP contribution < -0.4 is 5.73 Å². The van der Waals surface area contributed by atoms with Crippen molar-refractivity contribution in [3.05, 3.63) is 47.3 Å². The largest absolute Gasteiger partial charge is 0.394 e. The van der Waals surface area contributed by atoms with E-state index in [-0.39, 0.29) is 37.4 Å². The van der Waals surface area contributed by atoms with Crippen molar-refractivity contribution < 1.29 is 19.0 Å². The van der Waals surface area contributed by atoms with E-state index in [1.165, 1.54) is 16.8 Å². The van der Waals surface area contributed by atoms with Crippen LogP contribution in [0.15, 0.2) is 24.3 Å². The molecule has 0 saturated heterocycles. The van der Waals surface area contributed by atoms with Gasteiger partial charge in [0.1, 0.15) is 12.5 Å². The first-order valence-electron chi connectivity index (χ1n) is 6.76. The van der Waals surface area contributed by atoms with Gasteiger partial charge in [-0.05, 0) is 23.6 Å². The van der Waals surface area contributed by atoms with Crippen molar-refractivity contribution in [2.75, 3.05) is 13.2 Å². The summed E-state index contributed by atoms with van der Waals surface area (Å²) >= 11 is 0. The lowest BCUT2D eigenvalue weighted by molar-refractivity contribution is 0.0411. The van der Waals surface area contributed by atoms with Crippen molar-refractivity contribution in [1.29, 1.82) is 0 Å². The smallest absolute Gasteiger partial charge is 0.288 e. The topological polar surface area (TPSA) is 103 Å². The molecular weight excluding hydrogens is 303 g/mol. The number of aromatic nitrogens is 3. The Morgan fingerprint density at radius 3 is 3.00 bits per heavy atom. The van der Waals surface area contributed by atoms with Crippen LogP contribution in [0.3, 0.4) is 0 Å². The summed E-state index contributed by atoms with van der Waals surface area (Å²) in [6, 6.07) is 6.09.